The van der Waals surface area contributed by atoms with Crippen molar-refractivity contribution in [1.29, 1.82) is 0 Å². The fraction of sp³-hybridized carbons (Fsp3) is 0.294. The maximum atomic E-state index is 5.42. The monoisotopic (exact) mass is 333 g/mol. The molecule has 2 nitrogen and oxygen atoms in total. The van der Waals surface area contributed by atoms with E-state index in [4.69, 9.17) is 4.74 Å². The molecule has 2 aromatic rings. The van der Waals surface area contributed by atoms with E-state index in [1.165, 1.54) is 22.4 Å². The largest absolute Gasteiger partial charge is 0.496 e. The first-order chi connectivity index (χ1) is 9.65. The van der Waals surface area contributed by atoms with E-state index < -0.39 is 0 Å². The Morgan fingerprint density at radius 1 is 1.15 bits per heavy atom. The molecule has 0 bridgehead atoms. The van der Waals surface area contributed by atoms with Crippen LogP contribution < -0.4 is 9.64 Å². The highest BCUT2D eigenvalue weighted by Gasteiger charge is 2.09. The van der Waals surface area contributed by atoms with Crippen LogP contribution in [0.5, 0.6) is 5.75 Å². The number of anilines is 1. The zero-order chi connectivity index (χ0) is 14.5. The highest BCUT2D eigenvalue weighted by atomic mass is 79.9. The molecule has 0 amide bonds. The van der Waals surface area contributed by atoms with E-state index in [0.717, 1.165) is 17.6 Å². The van der Waals surface area contributed by atoms with E-state index in [2.05, 4.69) is 59.1 Å². The summed E-state index contributed by atoms with van der Waals surface area (Å²) in [4.78, 5) is 2.26. The van der Waals surface area contributed by atoms with E-state index in [9.17, 15) is 0 Å². The molecule has 0 aromatic heterocycles. The van der Waals surface area contributed by atoms with Crippen LogP contribution in [-0.2, 0) is 11.9 Å². The molecule has 0 fully saturated rings. The van der Waals surface area contributed by atoms with Crippen LogP contribution in [0.15, 0.2) is 42.5 Å². The van der Waals surface area contributed by atoms with Crippen molar-refractivity contribution in [2.45, 2.75) is 18.8 Å². The third kappa shape index (κ3) is 3.34. The Morgan fingerprint density at radius 2 is 1.90 bits per heavy atom. The van der Waals surface area contributed by atoms with Gasteiger partial charge in [0.25, 0.3) is 0 Å². The Kier molecular flexibility index (Phi) is 5.07. The van der Waals surface area contributed by atoms with E-state index in [1.807, 2.05) is 18.2 Å². The van der Waals surface area contributed by atoms with E-state index in [1.54, 1.807) is 7.11 Å². The molecule has 0 aliphatic carbocycles. The summed E-state index contributed by atoms with van der Waals surface area (Å²) >= 11 is 3.50. The zero-order valence-corrected chi connectivity index (χ0v) is 13.8. The van der Waals surface area contributed by atoms with Gasteiger partial charge in [0, 0.05) is 30.2 Å². The van der Waals surface area contributed by atoms with Crippen molar-refractivity contribution in [1.82, 2.24) is 0 Å². The molecule has 0 unspecified atom stereocenters. The van der Waals surface area contributed by atoms with Crippen molar-refractivity contribution >= 4 is 21.6 Å². The van der Waals surface area contributed by atoms with Crippen molar-refractivity contribution in [2.75, 3.05) is 19.1 Å². The lowest BCUT2D eigenvalue weighted by atomic mass is 10.1. The van der Waals surface area contributed by atoms with Gasteiger partial charge in [-0.25, -0.2) is 0 Å². The SMILES string of the molecule is COc1ccccc1CN(C)c1ccc(CBr)cc1C. The average molecular weight is 334 g/mol. The molecule has 0 spiro atoms. The van der Waals surface area contributed by atoms with Gasteiger partial charge in [0.1, 0.15) is 5.75 Å². The first kappa shape index (κ1) is 14.9. The van der Waals surface area contributed by atoms with Crippen LogP contribution >= 0.6 is 15.9 Å². The van der Waals surface area contributed by atoms with Crippen LogP contribution in [0, 0.1) is 6.92 Å². The van der Waals surface area contributed by atoms with Gasteiger partial charge in [-0.2, -0.15) is 0 Å². The fourth-order valence-electron chi connectivity index (χ4n) is 2.40. The minimum absolute atomic E-state index is 0.832. The molecule has 0 N–H and O–H groups in total. The van der Waals surface area contributed by atoms with Gasteiger partial charge in [-0.05, 0) is 30.2 Å². The second-order valence-electron chi connectivity index (χ2n) is 4.92. The van der Waals surface area contributed by atoms with Gasteiger partial charge in [0.05, 0.1) is 7.11 Å². The summed E-state index contributed by atoms with van der Waals surface area (Å²) in [6.07, 6.45) is 0. The lowest BCUT2D eigenvalue weighted by Crippen LogP contribution is -2.18. The number of alkyl halides is 1. The van der Waals surface area contributed by atoms with E-state index in [-0.39, 0.29) is 0 Å². The molecule has 0 aliphatic rings. The smallest absolute Gasteiger partial charge is 0.123 e. The maximum absolute atomic E-state index is 5.42. The number of methoxy groups -OCH3 is 1. The Morgan fingerprint density at radius 3 is 2.55 bits per heavy atom. The van der Waals surface area contributed by atoms with Gasteiger partial charge >= 0.3 is 0 Å². The van der Waals surface area contributed by atoms with Crippen molar-refractivity contribution < 1.29 is 4.74 Å². The quantitative estimate of drug-likeness (QED) is 0.745. The molecule has 20 heavy (non-hydrogen) atoms. The molecule has 0 heterocycles. The number of aryl methyl sites for hydroxylation is 1. The lowest BCUT2D eigenvalue weighted by Gasteiger charge is -2.23. The number of ether oxygens (including phenoxy) is 1. The van der Waals surface area contributed by atoms with Crippen molar-refractivity contribution in [2.24, 2.45) is 0 Å². The summed E-state index contributed by atoms with van der Waals surface area (Å²) in [6, 6.07) is 14.7. The first-order valence-corrected chi connectivity index (χ1v) is 7.76. The topological polar surface area (TPSA) is 12.5 Å². The molecule has 106 valence electrons. The Hall–Kier alpha value is -1.48. The predicted molar refractivity (Wildman–Crippen MR) is 88.9 cm³/mol. The number of rotatable bonds is 5. The minimum Gasteiger partial charge on any atom is -0.496 e. The van der Waals surface area contributed by atoms with Gasteiger partial charge in [-0.3, -0.25) is 0 Å². The van der Waals surface area contributed by atoms with Crippen LogP contribution in [0.4, 0.5) is 5.69 Å². The molecule has 0 aliphatic heterocycles. The second-order valence-corrected chi connectivity index (χ2v) is 5.48. The standard InChI is InChI=1S/C17H20BrNO/c1-13-10-14(11-18)8-9-16(13)19(2)12-15-6-4-5-7-17(15)20-3/h4-10H,11-12H2,1-3H3. The van der Waals surface area contributed by atoms with Crippen molar-refractivity contribution in [3.8, 4) is 5.75 Å². The molecule has 0 saturated heterocycles. The van der Waals surface area contributed by atoms with Crippen LogP contribution in [0.2, 0.25) is 0 Å². The third-order valence-electron chi connectivity index (χ3n) is 3.43. The maximum Gasteiger partial charge on any atom is 0.123 e. The van der Waals surface area contributed by atoms with Crippen LogP contribution in [0.25, 0.3) is 0 Å². The second kappa shape index (κ2) is 6.80. The number of halogens is 1. The number of para-hydroxylation sites is 1. The predicted octanol–water partition coefficient (Wildman–Crippen LogP) is 4.53. The number of hydrogen-bond donors (Lipinski definition) is 0. The van der Waals surface area contributed by atoms with Crippen molar-refractivity contribution in [3.63, 3.8) is 0 Å². The van der Waals surface area contributed by atoms with Crippen LogP contribution in [0.3, 0.4) is 0 Å². The number of benzene rings is 2. The van der Waals surface area contributed by atoms with Gasteiger partial charge < -0.3 is 9.64 Å². The van der Waals surface area contributed by atoms with E-state index >= 15 is 0 Å². The summed E-state index contributed by atoms with van der Waals surface area (Å²) in [6.45, 7) is 2.98. The highest BCUT2D eigenvalue weighted by molar-refractivity contribution is 9.08. The van der Waals surface area contributed by atoms with Gasteiger partial charge in [0.2, 0.25) is 0 Å². The summed E-state index contributed by atoms with van der Waals surface area (Å²) in [5, 5.41) is 0.893. The third-order valence-corrected chi connectivity index (χ3v) is 4.07. The Bertz CT molecular complexity index is 583. The summed E-state index contributed by atoms with van der Waals surface area (Å²) in [5.74, 6) is 0.939. The normalized spacial score (nSPS) is 10.4. The molecular weight excluding hydrogens is 314 g/mol. The Balaban J connectivity index is 2.21. The molecule has 0 radical (unpaired) electrons. The minimum atomic E-state index is 0.832. The molecule has 3 heteroatoms. The van der Waals surface area contributed by atoms with Gasteiger partial charge in [0.15, 0.2) is 0 Å². The fourth-order valence-corrected chi connectivity index (χ4v) is 2.75. The molecular formula is C17H20BrNO. The summed E-state index contributed by atoms with van der Waals surface area (Å²) in [7, 11) is 3.83. The van der Waals surface area contributed by atoms with Gasteiger partial charge in [-0.15, -0.1) is 0 Å². The van der Waals surface area contributed by atoms with Crippen molar-refractivity contribution in [3.05, 3.63) is 59.2 Å². The van der Waals surface area contributed by atoms with E-state index in [0.29, 0.717) is 0 Å². The molecule has 0 saturated carbocycles. The van der Waals surface area contributed by atoms with Crippen LogP contribution in [-0.4, -0.2) is 14.2 Å². The molecule has 2 rings (SSSR count). The Labute approximate surface area is 129 Å². The lowest BCUT2D eigenvalue weighted by molar-refractivity contribution is 0.409. The molecule has 0 atom stereocenters. The number of hydrogen-bond acceptors (Lipinski definition) is 2. The van der Waals surface area contributed by atoms with Crippen LogP contribution in [0.1, 0.15) is 16.7 Å². The number of nitrogens with zero attached hydrogens (tertiary/aromatic N) is 1. The highest BCUT2D eigenvalue weighted by Crippen LogP contribution is 2.25. The molecule has 2 aromatic carbocycles. The summed E-state index contributed by atoms with van der Waals surface area (Å²) < 4.78 is 5.42. The zero-order valence-electron chi connectivity index (χ0n) is 12.2. The summed E-state index contributed by atoms with van der Waals surface area (Å²) in [5.41, 5.74) is 5.04. The van der Waals surface area contributed by atoms with Gasteiger partial charge in [-0.1, -0.05) is 46.3 Å². The first-order valence-electron chi connectivity index (χ1n) is 6.64. The average Bonchev–Trinajstić information content (AvgIpc) is 2.47.